The number of imidazole rings is 1. The highest BCUT2D eigenvalue weighted by atomic mass is 19.1. The quantitative estimate of drug-likeness (QED) is 0.687. The summed E-state index contributed by atoms with van der Waals surface area (Å²) in [5.74, 6) is 0.399. The van der Waals surface area contributed by atoms with E-state index in [0.29, 0.717) is 22.8 Å². The molecule has 0 spiro atoms. The molecule has 0 saturated heterocycles. The van der Waals surface area contributed by atoms with E-state index in [-0.39, 0.29) is 5.82 Å². The van der Waals surface area contributed by atoms with Gasteiger partial charge in [0.05, 0.1) is 11.9 Å². The molecule has 2 aromatic carbocycles. The lowest BCUT2D eigenvalue weighted by atomic mass is 10.1. The first-order valence-electron chi connectivity index (χ1n) is 5.90. The fourth-order valence-corrected chi connectivity index (χ4v) is 1.97. The molecule has 0 aliphatic carbocycles. The molecule has 0 bridgehead atoms. The molecule has 0 saturated carbocycles. The van der Waals surface area contributed by atoms with E-state index in [1.165, 1.54) is 6.07 Å². The van der Waals surface area contributed by atoms with Gasteiger partial charge in [-0.05, 0) is 24.3 Å². The van der Waals surface area contributed by atoms with Crippen LogP contribution in [-0.2, 0) is 0 Å². The molecule has 4 heteroatoms. The number of H-pyrrole nitrogens is 1. The lowest BCUT2D eigenvalue weighted by Crippen LogP contribution is -1.87. The highest BCUT2D eigenvalue weighted by molar-refractivity contribution is 5.66. The summed E-state index contributed by atoms with van der Waals surface area (Å²) in [6.07, 6.45) is 1.62. The molecular formula is C15H12FN3. The molecule has 0 radical (unpaired) electrons. The van der Waals surface area contributed by atoms with Gasteiger partial charge in [0.2, 0.25) is 0 Å². The Hall–Kier alpha value is -2.62. The number of aromatic amines is 1. The van der Waals surface area contributed by atoms with E-state index in [4.69, 9.17) is 5.73 Å². The standard InChI is InChI=1S/C15H12FN3/c16-13-7-2-1-6-12(13)14-9-18-15(19-14)10-4-3-5-11(17)8-10/h1-9H,17H2,(H,18,19). The van der Waals surface area contributed by atoms with Gasteiger partial charge in [0.1, 0.15) is 11.6 Å². The summed E-state index contributed by atoms with van der Waals surface area (Å²) in [6.45, 7) is 0. The molecule has 94 valence electrons. The van der Waals surface area contributed by atoms with E-state index >= 15 is 0 Å². The number of benzene rings is 2. The van der Waals surface area contributed by atoms with E-state index in [2.05, 4.69) is 9.97 Å². The second-order valence-electron chi connectivity index (χ2n) is 4.25. The number of anilines is 1. The van der Waals surface area contributed by atoms with Gasteiger partial charge in [-0.25, -0.2) is 9.37 Å². The van der Waals surface area contributed by atoms with Crippen molar-refractivity contribution in [3.63, 3.8) is 0 Å². The molecule has 0 atom stereocenters. The van der Waals surface area contributed by atoms with Gasteiger partial charge in [0.15, 0.2) is 0 Å². The molecule has 3 aromatic rings. The topological polar surface area (TPSA) is 54.7 Å². The Morgan fingerprint density at radius 1 is 1.05 bits per heavy atom. The largest absolute Gasteiger partial charge is 0.399 e. The zero-order valence-electron chi connectivity index (χ0n) is 10.1. The van der Waals surface area contributed by atoms with E-state index in [1.54, 1.807) is 24.4 Å². The summed E-state index contributed by atoms with van der Waals surface area (Å²) >= 11 is 0. The molecule has 1 aromatic heterocycles. The van der Waals surface area contributed by atoms with Gasteiger partial charge in [-0.15, -0.1) is 0 Å². The number of nitrogens with two attached hydrogens (primary N) is 1. The number of nitrogens with one attached hydrogen (secondary N) is 1. The highest BCUT2D eigenvalue weighted by Crippen LogP contribution is 2.24. The van der Waals surface area contributed by atoms with E-state index in [0.717, 1.165) is 5.56 Å². The van der Waals surface area contributed by atoms with Crippen LogP contribution in [0.1, 0.15) is 0 Å². The molecular weight excluding hydrogens is 241 g/mol. The molecule has 19 heavy (non-hydrogen) atoms. The van der Waals surface area contributed by atoms with Crippen LogP contribution in [0, 0.1) is 5.82 Å². The maximum absolute atomic E-state index is 13.7. The summed E-state index contributed by atoms with van der Waals surface area (Å²) < 4.78 is 13.7. The van der Waals surface area contributed by atoms with Crippen LogP contribution < -0.4 is 5.73 Å². The minimum atomic E-state index is -0.273. The molecule has 0 aliphatic heterocycles. The van der Waals surface area contributed by atoms with E-state index in [9.17, 15) is 4.39 Å². The number of nitrogens with zero attached hydrogens (tertiary/aromatic N) is 1. The van der Waals surface area contributed by atoms with Crippen molar-refractivity contribution < 1.29 is 4.39 Å². The van der Waals surface area contributed by atoms with E-state index < -0.39 is 0 Å². The predicted octanol–water partition coefficient (Wildman–Crippen LogP) is 3.47. The fraction of sp³-hybridized carbons (Fsp3) is 0. The van der Waals surface area contributed by atoms with Crippen molar-refractivity contribution >= 4 is 5.69 Å². The van der Waals surface area contributed by atoms with Gasteiger partial charge in [0, 0.05) is 16.8 Å². The van der Waals surface area contributed by atoms with Crippen molar-refractivity contribution in [1.29, 1.82) is 0 Å². The molecule has 3 rings (SSSR count). The number of nitrogen functional groups attached to an aromatic ring is 1. The normalized spacial score (nSPS) is 10.6. The monoisotopic (exact) mass is 253 g/mol. The Labute approximate surface area is 109 Å². The van der Waals surface area contributed by atoms with Gasteiger partial charge in [0.25, 0.3) is 0 Å². The van der Waals surface area contributed by atoms with Crippen molar-refractivity contribution in [2.75, 3.05) is 5.73 Å². The van der Waals surface area contributed by atoms with Crippen LogP contribution in [0.2, 0.25) is 0 Å². The molecule has 3 N–H and O–H groups in total. The maximum atomic E-state index is 13.7. The molecule has 0 unspecified atom stereocenters. The Morgan fingerprint density at radius 2 is 1.89 bits per heavy atom. The van der Waals surface area contributed by atoms with Crippen LogP contribution in [-0.4, -0.2) is 9.97 Å². The number of aromatic nitrogens is 2. The van der Waals surface area contributed by atoms with Gasteiger partial charge >= 0.3 is 0 Å². The SMILES string of the molecule is Nc1cccc(-c2ncc(-c3ccccc3F)[nH]2)c1. The third-order valence-electron chi connectivity index (χ3n) is 2.90. The average Bonchev–Trinajstić information content (AvgIpc) is 2.89. The van der Waals surface area contributed by atoms with Crippen molar-refractivity contribution in [2.45, 2.75) is 0 Å². The van der Waals surface area contributed by atoms with Crippen LogP contribution >= 0.6 is 0 Å². The first-order chi connectivity index (χ1) is 9.24. The second kappa shape index (κ2) is 4.57. The molecule has 0 amide bonds. The number of hydrogen-bond acceptors (Lipinski definition) is 2. The Bertz CT molecular complexity index is 719. The lowest BCUT2D eigenvalue weighted by molar-refractivity contribution is 0.631. The van der Waals surface area contributed by atoms with Crippen LogP contribution in [0.15, 0.2) is 54.7 Å². The zero-order chi connectivity index (χ0) is 13.2. The lowest BCUT2D eigenvalue weighted by Gasteiger charge is -2.00. The third kappa shape index (κ3) is 2.20. The minimum Gasteiger partial charge on any atom is -0.399 e. The van der Waals surface area contributed by atoms with Crippen molar-refractivity contribution in [2.24, 2.45) is 0 Å². The van der Waals surface area contributed by atoms with Crippen LogP contribution in [0.25, 0.3) is 22.6 Å². The maximum Gasteiger partial charge on any atom is 0.137 e. The summed E-state index contributed by atoms with van der Waals surface area (Å²) in [5, 5.41) is 0. The minimum absolute atomic E-state index is 0.273. The Morgan fingerprint density at radius 3 is 2.68 bits per heavy atom. The van der Waals surface area contributed by atoms with Crippen LogP contribution in [0.5, 0.6) is 0 Å². The Balaban J connectivity index is 2.03. The van der Waals surface area contributed by atoms with Crippen molar-refractivity contribution in [1.82, 2.24) is 9.97 Å². The summed E-state index contributed by atoms with van der Waals surface area (Å²) in [6, 6.07) is 14.0. The molecule has 1 heterocycles. The zero-order valence-corrected chi connectivity index (χ0v) is 10.1. The fourth-order valence-electron chi connectivity index (χ4n) is 1.97. The smallest absolute Gasteiger partial charge is 0.137 e. The number of halogens is 1. The Kier molecular flexibility index (Phi) is 2.76. The first kappa shape index (κ1) is 11.5. The highest BCUT2D eigenvalue weighted by Gasteiger charge is 2.08. The average molecular weight is 253 g/mol. The van der Waals surface area contributed by atoms with Gasteiger partial charge < -0.3 is 10.7 Å². The summed E-state index contributed by atoms with van der Waals surface area (Å²) in [4.78, 5) is 7.37. The summed E-state index contributed by atoms with van der Waals surface area (Å²) in [5.41, 5.74) is 8.44. The molecule has 0 fully saturated rings. The number of rotatable bonds is 2. The third-order valence-corrected chi connectivity index (χ3v) is 2.90. The molecule has 3 nitrogen and oxygen atoms in total. The van der Waals surface area contributed by atoms with Gasteiger partial charge in [-0.1, -0.05) is 24.3 Å². The first-order valence-corrected chi connectivity index (χ1v) is 5.90. The van der Waals surface area contributed by atoms with E-state index in [1.807, 2.05) is 24.3 Å². The number of hydrogen-bond donors (Lipinski definition) is 2. The second-order valence-corrected chi connectivity index (χ2v) is 4.25. The van der Waals surface area contributed by atoms with Gasteiger partial charge in [-0.3, -0.25) is 0 Å². The van der Waals surface area contributed by atoms with Crippen LogP contribution in [0.4, 0.5) is 10.1 Å². The summed E-state index contributed by atoms with van der Waals surface area (Å²) in [7, 11) is 0. The van der Waals surface area contributed by atoms with Crippen LogP contribution in [0.3, 0.4) is 0 Å². The van der Waals surface area contributed by atoms with Crippen molar-refractivity contribution in [3.05, 3.63) is 60.5 Å². The predicted molar refractivity (Wildman–Crippen MR) is 73.8 cm³/mol. The van der Waals surface area contributed by atoms with Gasteiger partial charge in [-0.2, -0.15) is 0 Å². The van der Waals surface area contributed by atoms with Crippen molar-refractivity contribution in [3.8, 4) is 22.6 Å². The molecule has 0 aliphatic rings.